The highest BCUT2D eigenvalue weighted by molar-refractivity contribution is 6.04. The lowest BCUT2D eigenvalue weighted by Crippen LogP contribution is -2.37. The third-order valence-electron chi connectivity index (χ3n) is 4.74. The van der Waals surface area contributed by atoms with Crippen LogP contribution >= 0.6 is 0 Å². The summed E-state index contributed by atoms with van der Waals surface area (Å²) in [6.45, 7) is 3.22. The third kappa shape index (κ3) is 3.75. The summed E-state index contributed by atoms with van der Waals surface area (Å²) in [6, 6.07) is 15.3. The van der Waals surface area contributed by atoms with E-state index in [1.54, 1.807) is 22.0 Å². The van der Waals surface area contributed by atoms with Crippen molar-refractivity contribution < 1.29 is 9.53 Å². The zero-order valence-corrected chi connectivity index (χ0v) is 15.3. The second kappa shape index (κ2) is 7.72. The van der Waals surface area contributed by atoms with Crippen molar-refractivity contribution in [2.75, 3.05) is 18.1 Å². The molecular weight excluding hydrogens is 340 g/mol. The Balaban J connectivity index is 1.65. The Morgan fingerprint density at radius 1 is 1.22 bits per heavy atom. The van der Waals surface area contributed by atoms with Crippen LogP contribution in [0.5, 0.6) is 0 Å². The summed E-state index contributed by atoms with van der Waals surface area (Å²) < 4.78 is 7.55. The fourth-order valence-electron chi connectivity index (χ4n) is 3.37. The first kappa shape index (κ1) is 17.4. The summed E-state index contributed by atoms with van der Waals surface area (Å²) in [5, 5.41) is 4.57. The van der Waals surface area contributed by atoms with E-state index in [2.05, 4.69) is 10.1 Å². The molecule has 1 aromatic carbocycles. The number of para-hydroxylation sites is 1. The Morgan fingerprint density at radius 3 is 2.70 bits per heavy atom. The van der Waals surface area contributed by atoms with Crippen LogP contribution in [0.3, 0.4) is 0 Å². The molecular formula is C21H22N4O2. The minimum absolute atomic E-state index is 0.0550. The molecule has 1 fully saturated rings. The van der Waals surface area contributed by atoms with E-state index in [1.165, 1.54) is 0 Å². The quantitative estimate of drug-likeness (QED) is 0.698. The summed E-state index contributed by atoms with van der Waals surface area (Å²) >= 11 is 0. The van der Waals surface area contributed by atoms with E-state index in [4.69, 9.17) is 4.74 Å². The highest BCUT2D eigenvalue weighted by Crippen LogP contribution is 2.21. The molecule has 0 N–H and O–H groups in total. The van der Waals surface area contributed by atoms with E-state index in [0.717, 1.165) is 36.5 Å². The zero-order valence-electron chi connectivity index (χ0n) is 15.3. The van der Waals surface area contributed by atoms with Gasteiger partial charge in [0.25, 0.3) is 5.91 Å². The van der Waals surface area contributed by atoms with Crippen LogP contribution in [0.25, 0.3) is 5.69 Å². The molecule has 4 rings (SSSR count). The Morgan fingerprint density at radius 2 is 2.00 bits per heavy atom. The molecule has 1 aliphatic heterocycles. The van der Waals surface area contributed by atoms with Crippen LogP contribution in [0, 0.1) is 6.92 Å². The van der Waals surface area contributed by atoms with Crippen LogP contribution < -0.4 is 4.90 Å². The molecule has 138 valence electrons. The Bertz CT molecular complexity index is 902. The Hall–Kier alpha value is -2.99. The molecule has 2 aromatic heterocycles. The lowest BCUT2D eigenvalue weighted by Gasteiger charge is -2.24. The highest BCUT2D eigenvalue weighted by atomic mass is 16.5. The average Bonchev–Trinajstić information content (AvgIpc) is 3.36. The van der Waals surface area contributed by atoms with E-state index < -0.39 is 0 Å². The monoisotopic (exact) mass is 362 g/mol. The first-order chi connectivity index (χ1) is 13.2. The normalized spacial score (nSPS) is 16.4. The fraction of sp³-hybridized carbons (Fsp3) is 0.286. The van der Waals surface area contributed by atoms with Gasteiger partial charge in [-0.25, -0.2) is 4.68 Å². The topological polar surface area (TPSA) is 60.3 Å². The van der Waals surface area contributed by atoms with Crippen LogP contribution in [0.4, 0.5) is 5.69 Å². The molecule has 6 nitrogen and oxygen atoms in total. The van der Waals surface area contributed by atoms with Gasteiger partial charge in [-0.05, 0) is 50.1 Å². The van der Waals surface area contributed by atoms with Crippen molar-refractivity contribution in [3.8, 4) is 5.69 Å². The summed E-state index contributed by atoms with van der Waals surface area (Å²) in [7, 11) is 0. The van der Waals surface area contributed by atoms with Gasteiger partial charge in [-0.1, -0.05) is 18.2 Å². The number of benzene rings is 1. The Labute approximate surface area is 158 Å². The minimum Gasteiger partial charge on any atom is -0.376 e. The second-order valence-electron chi connectivity index (χ2n) is 6.67. The van der Waals surface area contributed by atoms with Gasteiger partial charge < -0.3 is 9.64 Å². The van der Waals surface area contributed by atoms with Crippen LogP contribution in [0.15, 0.2) is 60.9 Å². The highest BCUT2D eigenvalue weighted by Gasteiger charge is 2.26. The van der Waals surface area contributed by atoms with Gasteiger partial charge in [0.2, 0.25) is 0 Å². The van der Waals surface area contributed by atoms with Gasteiger partial charge in [0.15, 0.2) is 5.69 Å². The standard InChI is InChI=1S/C21H22N4O2/c1-16-14-20(23-25(16)18-6-3-2-4-7-18)21(26)24(15-19-8-5-13-27-19)17-9-11-22-12-10-17/h2-4,6-7,9-12,14,19H,5,8,13,15H2,1H3/t19-/m1/s1. The molecule has 0 bridgehead atoms. The average molecular weight is 362 g/mol. The van der Waals surface area contributed by atoms with Crippen LogP contribution in [-0.4, -0.2) is 39.9 Å². The smallest absolute Gasteiger partial charge is 0.278 e. The van der Waals surface area contributed by atoms with E-state index in [1.807, 2.05) is 55.5 Å². The van der Waals surface area contributed by atoms with E-state index >= 15 is 0 Å². The molecule has 1 aliphatic rings. The van der Waals surface area contributed by atoms with Crippen molar-refractivity contribution in [3.63, 3.8) is 0 Å². The van der Waals surface area contributed by atoms with Crippen LogP contribution in [-0.2, 0) is 4.74 Å². The number of amides is 1. The zero-order chi connectivity index (χ0) is 18.6. The van der Waals surface area contributed by atoms with Gasteiger partial charge in [-0.2, -0.15) is 5.10 Å². The minimum atomic E-state index is -0.130. The van der Waals surface area contributed by atoms with Gasteiger partial charge in [-0.3, -0.25) is 9.78 Å². The molecule has 1 amide bonds. The number of ether oxygens (including phenoxy) is 1. The van der Waals surface area contributed by atoms with Gasteiger partial charge in [0.05, 0.1) is 18.3 Å². The van der Waals surface area contributed by atoms with Crippen molar-refractivity contribution in [1.29, 1.82) is 0 Å². The van der Waals surface area contributed by atoms with E-state index in [9.17, 15) is 4.79 Å². The molecule has 3 aromatic rings. The maximum Gasteiger partial charge on any atom is 0.278 e. The molecule has 3 heterocycles. The van der Waals surface area contributed by atoms with Gasteiger partial charge in [0.1, 0.15) is 0 Å². The van der Waals surface area contributed by atoms with Gasteiger partial charge >= 0.3 is 0 Å². The molecule has 0 spiro atoms. The predicted molar refractivity (Wildman–Crippen MR) is 103 cm³/mol. The van der Waals surface area contributed by atoms with Crippen molar-refractivity contribution >= 4 is 11.6 Å². The largest absolute Gasteiger partial charge is 0.376 e. The van der Waals surface area contributed by atoms with Gasteiger partial charge in [0, 0.05) is 30.4 Å². The lowest BCUT2D eigenvalue weighted by molar-refractivity contribution is 0.0913. The number of hydrogen-bond donors (Lipinski definition) is 0. The fourth-order valence-corrected chi connectivity index (χ4v) is 3.37. The Kier molecular flexibility index (Phi) is 4.98. The van der Waals surface area contributed by atoms with Crippen molar-refractivity contribution in [2.24, 2.45) is 0 Å². The second-order valence-corrected chi connectivity index (χ2v) is 6.67. The number of pyridine rings is 1. The van der Waals surface area contributed by atoms with Crippen molar-refractivity contribution in [3.05, 3.63) is 72.3 Å². The number of aryl methyl sites for hydroxylation is 1. The molecule has 27 heavy (non-hydrogen) atoms. The molecule has 1 atom stereocenters. The summed E-state index contributed by atoms with van der Waals surface area (Å²) in [5.41, 5.74) is 3.07. The van der Waals surface area contributed by atoms with Crippen LogP contribution in [0.2, 0.25) is 0 Å². The molecule has 1 saturated heterocycles. The van der Waals surface area contributed by atoms with Crippen molar-refractivity contribution in [1.82, 2.24) is 14.8 Å². The number of rotatable bonds is 5. The maximum absolute atomic E-state index is 13.3. The lowest BCUT2D eigenvalue weighted by atomic mass is 10.2. The SMILES string of the molecule is Cc1cc(C(=O)N(C[C@H]2CCCO2)c2ccncc2)nn1-c1ccccc1. The first-order valence-corrected chi connectivity index (χ1v) is 9.18. The number of aromatic nitrogens is 3. The number of nitrogens with zero attached hydrogens (tertiary/aromatic N) is 4. The number of carbonyl (C=O) groups is 1. The molecule has 6 heteroatoms. The molecule has 0 aliphatic carbocycles. The summed E-state index contributed by atoms with van der Waals surface area (Å²) in [4.78, 5) is 19.1. The number of carbonyl (C=O) groups excluding carboxylic acids is 1. The third-order valence-corrected chi connectivity index (χ3v) is 4.74. The van der Waals surface area contributed by atoms with E-state index in [-0.39, 0.29) is 12.0 Å². The predicted octanol–water partition coefficient (Wildman–Crippen LogP) is 3.40. The van der Waals surface area contributed by atoms with E-state index in [0.29, 0.717) is 12.2 Å². The molecule has 0 unspecified atom stereocenters. The summed E-state index contributed by atoms with van der Waals surface area (Å²) in [5.74, 6) is -0.130. The van der Waals surface area contributed by atoms with Crippen molar-refractivity contribution in [2.45, 2.75) is 25.9 Å². The summed E-state index contributed by atoms with van der Waals surface area (Å²) in [6.07, 6.45) is 5.44. The number of hydrogen-bond acceptors (Lipinski definition) is 4. The molecule has 0 saturated carbocycles. The van der Waals surface area contributed by atoms with Gasteiger partial charge in [-0.15, -0.1) is 0 Å². The number of anilines is 1. The first-order valence-electron chi connectivity index (χ1n) is 9.18. The molecule has 0 radical (unpaired) electrons. The van der Waals surface area contributed by atoms with Crippen LogP contribution in [0.1, 0.15) is 29.0 Å². The maximum atomic E-state index is 13.3.